The molecule has 4 rings (SSSR count). The lowest BCUT2D eigenvalue weighted by Gasteiger charge is -2.40. The summed E-state index contributed by atoms with van der Waals surface area (Å²) in [6.07, 6.45) is 6.10. The van der Waals surface area contributed by atoms with Crippen LogP contribution in [0.15, 0.2) is 0 Å². The summed E-state index contributed by atoms with van der Waals surface area (Å²) < 4.78 is 17.9. The molecule has 7 atom stereocenters. The molecular formula is C17H32N4O3. The van der Waals surface area contributed by atoms with Crippen LogP contribution in [0.4, 0.5) is 0 Å². The fraction of sp³-hybridized carbons (Fsp3) is 1.00. The zero-order valence-electron chi connectivity index (χ0n) is 14.6. The molecule has 4 N–H and O–H groups in total. The molecule has 7 nitrogen and oxygen atoms in total. The molecule has 0 aromatic carbocycles. The second-order valence-electron chi connectivity index (χ2n) is 7.63. The van der Waals surface area contributed by atoms with E-state index in [1.807, 2.05) is 0 Å². The molecule has 138 valence electrons. The number of nitrogens with one attached hydrogen (secondary N) is 4. The molecule has 4 fully saturated rings. The van der Waals surface area contributed by atoms with E-state index < -0.39 is 0 Å². The van der Waals surface area contributed by atoms with Crippen molar-refractivity contribution in [1.29, 1.82) is 0 Å². The van der Waals surface area contributed by atoms with Gasteiger partial charge in [-0.2, -0.15) is 0 Å². The van der Waals surface area contributed by atoms with Gasteiger partial charge in [-0.05, 0) is 44.9 Å². The Morgan fingerprint density at radius 1 is 0.917 bits per heavy atom. The topological polar surface area (TPSA) is 75.8 Å². The summed E-state index contributed by atoms with van der Waals surface area (Å²) in [4.78, 5) is 0. The summed E-state index contributed by atoms with van der Waals surface area (Å²) in [6, 6.07) is 1.42. The minimum absolute atomic E-state index is 0.0760. The lowest BCUT2D eigenvalue weighted by molar-refractivity contribution is -0.0538. The highest BCUT2D eigenvalue weighted by molar-refractivity contribution is 5.01. The van der Waals surface area contributed by atoms with E-state index in [9.17, 15) is 0 Å². The normalized spacial score (nSPS) is 47.6. The summed E-state index contributed by atoms with van der Waals surface area (Å²) in [5, 5.41) is 7.03. The molecule has 4 aliphatic rings. The molecule has 0 aromatic rings. The second-order valence-corrected chi connectivity index (χ2v) is 7.63. The first kappa shape index (κ1) is 17.1. The van der Waals surface area contributed by atoms with Crippen LogP contribution in [0, 0.1) is 5.92 Å². The van der Waals surface area contributed by atoms with Crippen molar-refractivity contribution in [3.05, 3.63) is 0 Å². The van der Waals surface area contributed by atoms with E-state index in [-0.39, 0.29) is 12.5 Å². The van der Waals surface area contributed by atoms with Gasteiger partial charge in [0.15, 0.2) is 6.35 Å². The van der Waals surface area contributed by atoms with Gasteiger partial charge in [-0.25, -0.2) is 0 Å². The Morgan fingerprint density at radius 2 is 1.88 bits per heavy atom. The van der Waals surface area contributed by atoms with Crippen molar-refractivity contribution in [2.75, 3.05) is 26.4 Å². The Kier molecular flexibility index (Phi) is 5.68. The van der Waals surface area contributed by atoms with Crippen LogP contribution >= 0.6 is 0 Å². The van der Waals surface area contributed by atoms with E-state index in [2.05, 4.69) is 28.4 Å². The van der Waals surface area contributed by atoms with Gasteiger partial charge in [-0.3, -0.25) is 21.5 Å². The summed E-state index contributed by atoms with van der Waals surface area (Å²) in [6.45, 7) is 5.14. The van der Waals surface area contributed by atoms with Crippen molar-refractivity contribution in [2.45, 2.75) is 75.7 Å². The molecule has 0 spiro atoms. The smallest absolute Gasteiger partial charge is 0.163 e. The van der Waals surface area contributed by atoms with Crippen LogP contribution in [0.3, 0.4) is 0 Å². The molecule has 7 heteroatoms. The molecule has 4 bridgehead atoms. The highest BCUT2D eigenvalue weighted by Gasteiger charge is 2.45. The van der Waals surface area contributed by atoms with Gasteiger partial charge >= 0.3 is 0 Å². The molecule has 0 amide bonds. The SMILES string of the molecule is C[C@@H]1CCOCCOC2NCCC(N2)C2NNC3CCC(CC32)O1. The summed E-state index contributed by atoms with van der Waals surface area (Å²) in [5.74, 6) is 0.619. The maximum atomic E-state index is 6.33. The molecule has 3 aliphatic heterocycles. The van der Waals surface area contributed by atoms with Crippen LogP contribution in [-0.4, -0.2) is 63.1 Å². The van der Waals surface area contributed by atoms with Gasteiger partial charge in [-0.15, -0.1) is 0 Å². The number of ether oxygens (including phenoxy) is 3. The van der Waals surface area contributed by atoms with Crippen molar-refractivity contribution in [3.63, 3.8) is 0 Å². The molecule has 6 unspecified atom stereocenters. The minimum Gasteiger partial charge on any atom is -0.379 e. The molecule has 1 saturated carbocycles. The third-order valence-electron chi connectivity index (χ3n) is 5.94. The van der Waals surface area contributed by atoms with Gasteiger partial charge < -0.3 is 14.2 Å². The van der Waals surface area contributed by atoms with E-state index in [1.54, 1.807) is 0 Å². The zero-order chi connectivity index (χ0) is 16.4. The average molecular weight is 340 g/mol. The molecule has 24 heavy (non-hydrogen) atoms. The molecule has 1 aliphatic carbocycles. The fourth-order valence-corrected chi connectivity index (χ4v) is 4.64. The van der Waals surface area contributed by atoms with Crippen LogP contribution in [0.25, 0.3) is 0 Å². The number of hydrogen-bond acceptors (Lipinski definition) is 7. The second kappa shape index (κ2) is 7.95. The third kappa shape index (κ3) is 3.93. The van der Waals surface area contributed by atoms with Crippen LogP contribution in [-0.2, 0) is 14.2 Å². The lowest BCUT2D eigenvalue weighted by Crippen LogP contribution is -2.62. The first-order valence-electron chi connectivity index (χ1n) is 9.65. The number of hydrogen-bond donors (Lipinski definition) is 4. The minimum atomic E-state index is -0.0760. The molecule has 0 aromatic heterocycles. The van der Waals surface area contributed by atoms with Crippen molar-refractivity contribution >= 4 is 0 Å². The van der Waals surface area contributed by atoms with Crippen LogP contribution in [0.5, 0.6) is 0 Å². The quantitative estimate of drug-likeness (QED) is 0.497. The Labute approximate surface area is 144 Å². The number of hydrazine groups is 1. The average Bonchev–Trinajstić information content (AvgIpc) is 3.01. The van der Waals surface area contributed by atoms with Gasteiger partial charge in [0.05, 0.1) is 25.4 Å². The molecule has 3 heterocycles. The molecule has 3 saturated heterocycles. The Hall–Kier alpha value is -0.280. The Bertz CT molecular complexity index is 413. The molecule has 0 radical (unpaired) electrons. The monoisotopic (exact) mass is 340 g/mol. The predicted octanol–water partition coefficient (Wildman–Crippen LogP) is 0.0772. The summed E-state index contributed by atoms with van der Waals surface area (Å²) in [5.41, 5.74) is 7.11. The summed E-state index contributed by atoms with van der Waals surface area (Å²) in [7, 11) is 0. The first-order chi connectivity index (χ1) is 11.8. The van der Waals surface area contributed by atoms with E-state index in [0.29, 0.717) is 43.4 Å². The fourth-order valence-electron chi connectivity index (χ4n) is 4.64. The first-order valence-corrected chi connectivity index (χ1v) is 9.65. The lowest BCUT2D eigenvalue weighted by atomic mass is 9.77. The highest BCUT2D eigenvalue weighted by atomic mass is 16.5. The Morgan fingerprint density at radius 3 is 2.83 bits per heavy atom. The van der Waals surface area contributed by atoms with Crippen molar-refractivity contribution in [2.24, 2.45) is 5.92 Å². The standard InChI is InChI=1S/C17H32N4O3/c1-11-5-7-22-8-9-23-17-18-6-4-15(19-17)16-13-10-12(24-11)2-3-14(13)20-21-16/h11-21H,2-10H2,1H3/t11-,12?,13?,14?,15?,16?,17?/m1/s1. The van der Waals surface area contributed by atoms with Gasteiger partial charge in [0.2, 0.25) is 0 Å². The van der Waals surface area contributed by atoms with Gasteiger partial charge in [0.25, 0.3) is 0 Å². The van der Waals surface area contributed by atoms with Crippen LogP contribution < -0.4 is 21.5 Å². The van der Waals surface area contributed by atoms with Gasteiger partial charge in [-0.1, -0.05) is 0 Å². The summed E-state index contributed by atoms with van der Waals surface area (Å²) >= 11 is 0. The third-order valence-corrected chi connectivity index (χ3v) is 5.94. The molecular weight excluding hydrogens is 308 g/mol. The van der Waals surface area contributed by atoms with Crippen molar-refractivity contribution < 1.29 is 14.2 Å². The number of rotatable bonds is 0. The van der Waals surface area contributed by atoms with E-state index in [0.717, 1.165) is 38.8 Å². The largest absolute Gasteiger partial charge is 0.379 e. The zero-order valence-corrected chi connectivity index (χ0v) is 14.6. The van der Waals surface area contributed by atoms with E-state index >= 15 is 0 Å². The predicted molar refractivity (Wildman–Crippen MR) is 90.2 cm³/mol. The van der Waals surface area contributed by atoms with Crippen molar-refractivity contribution in [3.8, 4) is 0 Å². The van der Waals surface area contributed by atoms with E-state index in [4.69, 9.17) is 14.2 Å². The van der Waals surface area contributed by atoms with E-state index in [1.165, 1.54) is 6.42 Å². The van der Waals surface area contributed by atoms with Crippen LogP contribution in [0.1, 0.15) is 39.0 Å². The Balaban J connectivity index is 1.46. The van der Waals surface area contributed by atoms with Gasteiger partial charge in [0, 0.05) is 31.3 Å². The van der Waals surface area contributed by atoms with Gasteiger partial charge in [0.1, 0.15) is 0 Å². The number of fused-ring (bicyclic) bond motifs is 4. The van der Waals surface area contributed by atoms with Crippen LogP contribution in [0.2, 0.25) is 0 Å². The van der Waals surface area contributed by atoms with Crippen molar-refractivity contribution in [1.82, 2.24) is 21.5 Å². The maximum absolute atomic E-state index is 6.33. The maximum Gasteiger partial charge on any atom is 0.163 e. The highest BCUT2D eigenvalue weighted by Crippen LogP contribution is 2.34.